The van der Waals surface area contributed by atoms with Crippen LogP contribution in [-0.2, 0) is 4.79 Å². The minimum absolute atomic E-state index is 0.0345. The molecule has 0 bridgehead atoms. The molecule has 1 aromatic carbocycles. The first kappa shape index (κ1) is 25.4. The standard InChI is InChI=1S/C22H30N6O5/c1-3-13(2)17(28-18(29)14-8-5-4-6-9-14)20-27-16(12-33-20)19(30)26-15(21(31)32)10-7-11-25-22(23)24/h4-6,8-9,12-13,15,17H,3,7,10-11H2,1-2H3,(H,26,30)(H,28,29)(H,31,32)(H4,23,24,25)/t13?,15-,17-/m0/s1. The van der Waals surface area contributed by atoms with Crippen LogP contribution in [0.4, 0.5) is 0 Å². The van der Waals surface area contributed by atoms with Crippen LogP contribution in [0.15, 0.2) is 41.0 Å². The highest BCUT2D eigenvalue weighted by atomic mass is 16.4. The summed E-state index contributed by atoms with van der Waals surface area (Å²) in [5.41, 5.74) is 5.59. The van der Waals surface area contributed by atoms with E-state index in [1.165, 1.54) is 0 Å². The van der Waals surface area contributed by atoms with Crippen molar-refractivity contribution in [3.63, 3.8) is 0 Å². The lowest BCUT2D eigenvalue weighted by atomic mass is 9.98. The highest BCUT2D eigenvalue weighted by Gasteiger charge is 2.28. The largest absolute Gasteiger partial charge is 0.480 e. The Morgan fingerprint density at radius 1 is 1.18 bits per heavy atom. The molecule has 3 atom stereocenters. The molecule has 1 heterocycles. The second-order valence-corrected chi connectivity index (χ2v) is 7.62. The average Bonchev–Trinajstić information content (AvgIpc) is 3.29. The van der Waals surface area contributed by atoms with Crippen LogP contribution in [0.5, 0.6) is 0 Å². The number of benzene rings is 1. The maximum atomic E-state index is 12.6. The molecule has 0 saturated carbocycles. The van der Waals surface area contributed by atoms with Crippen LogP contribution in [0.3, 0.4) is 0 Å². The van der Waals surface area contributed by atoms with Crippen molar-refractivity contribution in [1.29, 1.82) is 5.41 Å². The summed E-state index contributed by atoms with van der Waals surface area (Å²) >= 11 is 0. The Hall–Kier alpha value is -3.89. The van der Waals surface area contributed by atoms with Crippen molar-refractivity contribution in [3.05, 3.63) is 53.7 Å². The summed E-state index contributed by atoms with van der Waals surface area (Å²) in [5, 5.41) is 24.4. The predicted molar refractivity (Wildman–Crippen MR) is 121 cm³/mol. The molecule has 0 aliphatic heterocycles. The Morgan fingerprint density at radius 2 is 1.88 bits per heavy atom. The van der Waals surface area contributed by atoms with Crippen molar-refractivity contribution >= 4 is 23.7 Å². The second kappa shape index (κ2) is 12.2. The quantitative estimate of drug-likeness (QED) is 0.157. The van der Waals surface area contributed by atoms with E-state index < -0.39 is 24.0 Å². The van der Waals surface area contributed by atoms with Gasteiger partial charge in [-0.15, -0.1) is 0 Å². The molecular formula is C22H30N6O5. The van der Waals surface area contributed by atoms with Gasteiger partial charge in [0.25, 0.3) is 11.8 Å². The van der Waals surface area contributed by atoms with E-state index >= 15 is 0 Å². The molecule has 7 N–H and O–H groups in total. The van der Waals surface area contributed by atoms with Crippen LogP contribution in [0, 0.1) is 11.3 Å². The molecule has 0 spiro atoms. The lowest BCUT2D eigenvalue weighted by Gasteiger charge is -2.21. The van der Waals surface area contributed by atoms with E-state index in [0.717, 1.165) is 12.7 Å². The fourth-order valence-electron chi connectivity index (χ4n) is 3.05. The van der Waals surface area contributed by atoms with Gasteiger partial charge in [0.1, 0.15) is 18.3 Å². The van der Waals surface area contributed by atoms with E-state index in [9.17, 15) is 19.5 Å². The lowest BCUT2D eigenvalue weighted by molar-refractivity contribution is -0.139. The van der Waals surface area contributed by atoms with Crippen LogP contribution in [0.2, 0.25) is 0 Å². The molecule has 2 rings (SSSR count). The first-order valence-electron chi connectivity index (χ1n) is 10.7. The first-order valence-corrected chi connectivity index (χ1v) is 10.7. The summed E-state index contributed by atoms with van der Waals surface area (Å²) in [7, 11) is 0. The van der Waals surface area contributed by atoms with E-state index in [1.807, 2.05) is 19.9 Å². The molecule has 11 heteroatoms. The summed E-state index contributed by atoms with van der Waals surface area (Å²) in [5.74, 6) is -2.27. The Balaban J connectivity index is 2.08. The smallest absolute Gasteiger partial charge is 0.326 e. The number of carboxylic acid groups (broad SMARTS) is 1. The van der Waals surface area contributed by atoms with Crippen molar-refractivity contribution < 1.29 is 23.9 Å². The van der Waals surface area contributed by atoms with Gasteiger partial charge in [-0.3, -0.25) is 15.0 Å². The highest BCUT2D eigenvalue weighted by Crippen LogP contribution is 2.24. The predicted octanol–water partition coefficient (Wildman–Crippen LogP) is 1.64. The number of oxazole rings is 1. The van der Waals surface area contributed by atoms with Gasteiger partial charge in [0.2, 0.25) is 5.89 Å². The molecule has 0 aliphatic carbocycles. The van der Waals surface area contributed by atoms with Gasteiger partial charge < -0.3 is 31.2 Å². The van der Waals surface area contributed by atoms with Gasteiger partial charge in [0.05, 0.1) is 0 Å². The van der Waals surface area contributed by atoms with Gasteiger partial charge in [-0.05, 0) is 30.9 Å². The third-order valence-corrected chi connectivity index (χ3v) is 5.14. The van der Waals surface area contributed by atoms with E-state index in [-0.39, 0.29) is 35.8 Å². The van der Waals surface area contributed by atoms with E-state index in [1.54, 1.807) is 24.3 Å². The molecule has 0 saturated heterocycles. The molecule has 2 aromatic rings. The maximum Gasteiger partial charge on any atom is 0.326 e. The number of guanidine groups is 1. The van der Waals surface area contributed by atoms with Gasteiger partial charge in [-0.2, -0.15) is 0 Å². The summed E-state index contributed by atoms with van der Waals surface area (Å²) < 4.78 is 5.49. The summed E-state index contributed by atoms with van der Waals surface area (Å²) in [6, 6.07) is 6.99. The number of nitrogens with one attached hydrogen (secondary N) is 4. The zero-order valence-corrected chi connectivity index (χ0v) is 18.6. The average molecular weight is 459 g/mol. The summed E-state index contributed by atoms with van der Waals surface area (Å²) in [6.45, 7) is 4.19. The number of aliphatic carboxylic acids is 1. The number of nitrogens with zero attached hydrogens (tertiary/aromatic N) is 1. The van der Waals surface area contributed by atoms with Crippen molar-refractivity contribution in [3.8, 4) is 0 Å². The number of hydrogen-bond donors (Lipinski definition) is 6. The van der Waals surface area contributed by atoms with Crippen LogP contribution in [0.25, 0.3) is 0 Å². The first-order chi connectivity index (χ1) is 15.7. The maximum absolute atomic E-state index is 12.6. The zero-order valence-electron chi connectivity index (χ0n) is 18.6. The molecule has 33 heavy (non-hydrogen) atoms. The van der Waals surface area contributed by atoms with Crippen molar-refractivity contribution in [2.24, 2.45) is 11.7 Å². The van der Waals surface area contributed by atoms with Crippen LogP contribution in [0.1, 0.15) is 65.9 Å². The Kier molecular flexibility index (Phi) is 9.40. The van der Waals surface area contributed by atoms with Crippen molar-refractivity contribution in [2.45, 2.75) is 45.2 Å². The number of nitrogens with two attached hydrogens (primary N) is 1. The number of rotatable bonds is 12. The number of carbonyl (C=O) groups is 3. The Morgan fingerprint density at radius 3 is 2.48 bits per heavy atom. The molecule has 178 valence electrons. The fraction of sp³-hybridized carbons (Fsp3) is 0.409. The summed E-state index contributed by atoms with van der Waals surface area (Å²) in [4.78, 5) is 40.9. The monoisotopic (exact) mass is 458 g/mol. The van der Waals surface area contributed by atoms with Gasteiger partial charge in [-0.25, -0.2) is 9.78 Å². The SMILES string of the molecule is CCC(C)[C@H](NC(=O)c1ccccc1)c1nc(C(=O)N[C@@H](CCCNC(=N)N)C(=O)O)co1. The molecule has 0 fully saturated rings. The molecule has 1 unspecified atom stereocenters. The van der Waals surface area contributed by atoms with Gasteiger partial charge >= 0.3 is 5.97 Å². The number of carbonyl (C=O) groups excluding carboxylic acids is 2. The topological polar surface area (TPSA) is 183 Å². The van der Waals surface area contributed by atoms with Crippen LogP contribution in [-0.4, -0.2) is 46.4 Å². The second-order valence-electron chi connectivity index (χ2n) is 7.62. The third kappa shape index (κ3) is 7.63. The van der Waals surface area contributed by atoms with Gasteiger partial charge in [0, 0.05) is 12.1 Å². The number of hydrogen-bond acceptors (Lipinski definition) is 6. The van der Waals surface area contributed by atoms with E-state index in [2.05, 4.69) is 20.9 Å². The minimum Gasteiger partial charge on any atom is -0.480 e. The van der Waals surface area contributed by atoms with Gasteiger partial charge in [0.15, 0.2) is 11.7 Å². The summed E-state index contributed by atoms with van der Waals surface area (Å²) in [6.07, 6.45) is 2.38. The highest BCUT2D eigenvalue weighted by molar-refractivity contribution is 5.95. The Labute approximate surface area is 191 Å². The molecular weight excluding hydrogens is 428 g/mol. The van der Waals surface area contributed by atoms with Crippen molar-refractivity contribution in [1.82, 2.24) is 20.9 Å². The fourth-order valence-corrected chi connectivity index (χ4v) is 3.05. The van der Waals surface area contributed by atoms with E-state index in [0.29, 0.717) is 18.5 Å². The molecule has 11 nitrogen and oxygen atoms in total. The van der Waals surface area contributed by atoms with Crippen molar-refractivity contribution in [2.75, 3.05) is 6.54 Å². The Bertz CT molecular complexity index is 961. The molecule has 0 aliphatic rings. The zero-order chi connectivity index (χ0) is 24.4. The number of aromatic nitrogens is 1. The number of amides is 2. The third-order valence-electron chi connectivity index (χ3n) is 5.14. The minimum atomic E-state index is -1.19. The van der Waals surface area contributed by atoms with Crippen LogP contribution >= 0.6 is 0 Å². The van der Waals surface area contributed by atoms with Gasteiger partial charge in [-0.1, -0.05) is 38.5 Å². The normalized spacial score (nSPS) is 13.4. The molecule has 0 radical (unpaired) electrons. The molecule has 2 amide bonds. The molecule has 1 aromatic heterocycles. The van der Waals surface area contributed by atoms with Crippen LogP contribution < -0.4 is 21.7 Å². The number of carboxylic acids is 1. The van der Waals surface area contributed by atoms with E-state index in [4.69, 9.17) is 15.6 Å². The lowest BCUT2D eigenvalue weighted by Crippen LogP contribution is -2.41.